The number of nitrogens with zero attached hydrogens (tertiary/aromatic N) is 2. The Morgan fingerprint density at radius 3 is 2.57 bits per heavy atom. The molecule has 1 aliphatic carbocycles. The third-order valence-electron chi connectivity index (χ3n) is 6.41. The number of aliphatic hydroxyl groups is 1. The fraction of sp³-hybridized carbons (Fsp3) is 0.667. The van der Waals surface area contributed by atoms with Crippen molar-refractivity contribution in [3.63, 3.8) is 0 Å². The van der Waals surface area contributed by atoms with Crippen LogP contribution in [0.15, 0.2) is 18.5 Å². The Bertz CT molecular complexity index is 829. The van der Waals surface area contributed by atoms with Gasteiger partial charge in [-0.2, -0.15) is 0 Å². The van der Waals surface area contributed by atoms with Crippen LogP contribution in [-0.2, 0) is 15.9 Å². The van der Waals surface area contributed by atoms with Crippen molar-refractivity contribution in [2.24, 2.45) is 5.92 Å². The van der Waals surface area contributed by atoms with E-state index in [9.17, 15) is 5.11 Å². The summed E-state index contributed by atoms with van der Waals surface area (Å²) in [6.07, 6.45) is 10.3. The molecule has 2 aromatic rings. The largest absolute Gasteiger partial charge is 0.474 e. The molecular weight excluding hydrogens is 380 g/mol. The van der Waals surface area contributed by atoms with Gasteiger partial charge in [0.25, 0.3) is 0 Å². The molecule has 0 amide bonds. The van der Waals surface area contributed by atoms with Gasteiger partial charge in [-0.1, -0.05) is 6.92 Å². The fourth-order valence-corrected chi connectivity index (χ4v) is 4.74. The van der Waals surface area contributed by atoms with Gasteiger partial charge in [-0.05, 0) is 61.0 Å². The molecule has 2 fully saturated rings. The first kappa shape index (κ1) is 21.5. The zero-order valence-corrected chi connectivity index (χ0v) is 18.2. The summed E-state index contributed by atoms with van der Waals surface area (Å²) in [6.45, 7) is 4.39. The highest BCUT2D eigenvalue weighted by molar-refractivity contribution is 5.89. The number of aliphatic hydroxyl groups excluding tert-OH is 1. The minimum atomic E-state index is -0.163. The first-order valence-corrected chi connectivity index (χ1v) is 11.3. The molecule has 0 spiro atoms. The van der Waals surface area contributed by atoms with Crippen molar-refractivity contribution in [2.45, 2.75) is 70.0 Å². The van der Waals surface area contributed by atoms with E-state index in [1.54, 1.807) is 7.11 Å². The van der Waals surface area contributed by atoms with E-state index in [-0.39, 0.29) is 12.2 Å². The van der Waals surface area contributed by atoms with E-state index in [4.69, 9.17) is 24.2 Å². The zero-order chi connectivity index (χ0) is 20.9. The second-order valence-electron chi connectivity index (χ2n) is 8.94. The van der Waals surface area contributed by atoms with Crippen molar-refractivity contribution in [3.05, 3.63) is 29.7 Å². The van der Waals surface area contributed by atoms with E-state index in [2.05, 4.69) is 13.0 Å². The van der Waals surface area contributed by atoms with E-state index >= 15 is 0 Å². The number of aromatic nitrogens is 2. The summed E-state index contributed by atoms with van der Waals surface area (Å²) in [5, 5.41) is 12.1. The Labute approximate surface area is 179 Å². The molecule has 1 saturated carbocycles. The molecule has 0 radical (unpaired) electrons. The lowest BCUT2D eigenvalue weighted by molar-refractivity contribution is 0.0244. The average molecular weight is 415 g/mol. The lowest BCUT2D eigenvalue weighted by Gasteiger charge is -2.27. The SMILES string of the molecule is COC[C@H](C)Cc1cc2c(C3CCC(O)CC3)cnc(OC3CCOCC3)c2cn1. The van der Waals surface area contributed by atoms with Gasteiger partial charge in [0.05, 0.1) is 24.7 Å². The summed E-state index contributed by atoms with van der Waals surface area (Å²) in [7, 11) is 1.74. The minimum absolute atomic E-state index is 0.145. The topological polar surface area (TPSA) is 73.7 Å². The third-order valence-corrected chi connectivity index (χ3v) is 6.41. The second-order valence-corrected chi connectivity index (χ2v) is 8.94. The molecule has 164 valence electrons. The molecule has 1 aliphatic heterocycles. The number of pyridine rings is 2. The van der Waals surface area contributed by atoms with Crippen molar-refractivity contribution in [3.8, 4) is 5.88 Å². The summed E-state index contributed by atoms with van der Waals surface area (Å²) in [5.41, 5.74) is 2.34. The average Bonchev–Trinajstić information content (AvgIpc) is 2.75. The lowest BCUT2D eigenvalue weighted by Crippen LogP contribution is -2.26. The maximum absolute atomic E-state index is 9.94. The minimum Gasteiger partial charge on any atom is -0.474 e. The monoisotopic (exact) mass is 414 g/mol. The van der Waals surface area contributed by atoms with E-state index in [1.807, 2.05) is 12.4 Å². The molecule has 1 saturated heterocycles. The number of rotatable bonds is 7. The molecule has 30 heavy (non-hydrogen) atoms. The number of fused-ring (bicyclic) bond motifs is 1. The van der Waals surface area contributed by atoms with Gasteiger partial charge < -0.3 is 19.3 Å². The lowest BCUT2D eigenvalue weighted by atomic mass is 9.82. The Kier molecular flexibility index (Phi) is 7.18. The quantitative estimate of drug-likeness (QED) is 0.737. The molecule has 1 N–H and O–H groups in total. The van der Waals surface area contributed by atoms with Crippen LogP contribution in [0.2, 0.25) is 0 Å². The first-order chi connectivity index (χ1) is 14.6. The third kappa shape index (κ3) is 5.10. The summed E-state index contributed by atoms with van der Waals surface area (Å²) in [4.78, 5) is 9.47. The predicted octanol–water partition coefficient (Wildman–Crippen LogP) is 4.03. The maximum Gasteiger partial charge on any atom is 0.223 e. The van der Waals surface area contributed by atoms with Crippen molar-refractivity contribution in [2.75, 3.05) is 26.9 Å². The molecular formula is C24H34N2O4. The Morgan fingerprint density at radius 1 is 1.07 bits per heavy atom. The molecule has 6 nitrogen and oxygen atoms in total. The number of hydrogen-bond donors (Lipinski definition) is 1. The van der Waals surface area contributed by atoms with Crippen LogP contribution in [0.4, 0.5) is 0 Å². The molecule has 0 aromatic carbocycles. The van der Waals surface area contributed by atoms with E-state index < -0.39 is 0 Å². The highest BCUT2D eigenvalue weighted by Gasteiger charge is 2.25. The summed E-state index contributed by atoms with van der Waals surface area (Å²) < 4.78 is 17.1. The Hall–Kier alpha value is -1.76. The van der Waals surface area contributed by atoms with Crippen LogP contribution in [0.25, 0.3) is 10.8 Å². The molecule has 4 rings (SSSR count). The summed E-state index contributed by atoms with van der Waals surface area (Å²) >= 11 is 0. The molecule has 2 aliphatic rings. The number of ether oxygens (including phenoxy) is 3. The molecule has 3 heterocycles. The van der Waals surface area contributed by atoms with Gasteiger partial charge in [0.1, 0.15) is 6.10 Å². The Morgan fingerprint density at radius 2 is 1.83 bits per heavy atom. The van der Waals surface area contributed by atoms with Gasteiger partial charge in [-0.15, -0.1) is 0 Å². The van der Waals surface area contributed by atoms with Crippen molar-refractivity contribution < 1.29 is 19.3 Å². The van der Waals surface area contributed by atoms with Crippen LogP contribution in [-0.4, -0.2) is 54.2 Å². The Balaban J connectivity index is 1.67. The van der Waals surface area contributed by atoms with Crippen LogP contribution in [0.1, 0.15) is 62.6 Å². The highest BCUT2D eigenvalue weighted by Crippen LogP contribution is 2.38. The van der Waals surface area contributed by atoms with Gasteiger partial charge in [-0.25, -0.2) is 4.98 Å². The normalized spacial score (nSPS) is 24.1. The molecule has 6 heteroatoms. The second kappa shape index (κ2) is 10.0. The highest BCUT2D eigenvalue weighted by atomic mass is 16.5. The first-order valence-electron chi connectivity index (χ1n) is 11.3. The van der Waals surface area contributed by atoms with Crippen LogP contribution in [0, 0.1) is 5.92 Å². The fourth-order valence-electron chi connectivity index (χ4n) is 4.74. The molecule has 1 atom stereocenters. The number of hydrogen-bond acceptors (Lipinski definition) is 6. The predicted molar refractivity (Wildman–Crippen MR) is 116 cm³/mol. The van der Waals surface area contributed by atoms with E-state index in [0.29, 0.717) is 17.7 Å². The van der Waals surface area contributed by atoms with Crippen molar-refractivity contribution in [1.82, 2.24) is 9.97 Å². The smallest absolute Gasteiger partial charge is 0.223 e. The summed E-state index contributed by atoms with van der Waals surface area (Å²) in [5.74, 6) is 1.51. The van der Waals surface area contributed by atoms with Crippen molar-refractivity contribution >= 4 is 10.8 Å². The van der Waals surface area contributed by atoms with Gasteiger partial charge in [-0.3, -0.25) is 4.98 Å². The zero-order valence-electron chi connectivity index (χ0n) is 18.2. The van der Waals surface area contributed by atoms with Crippen molar-refractivity contribution in [1.29, 1.82) is 0 Å². The number of methoxy groups -OCH3 is 1. The standard InChI is InChI=1S/C24H34N2O4/c1-16(15-28-2)11-18-12-21-22(17-3-5-19(27)6-4-17)13-26-24(23(21)14-25-18)30-20-7-9-29-10-8-20/h12-14,16-17,19-20,27H,3-11,15H2,1-2H3/t16-,17?,19?/m1/s1. The maximum atomic E-state index is 9.94. The molecule has 0 unspecified atom stereocenters. The van der Waals surface area contributed by atoms with Gasteiger partial charge in [0.15, 0.2) is 0 Å². The van der Waals surface area contributed by atoms with Crippen LogP contribution < -0.4 is 4.74 Å². The van der Waals surface area contributed by atoms with Crippen LogP contribution in [0.3, 0.4) is 0 Å². The van der Waals surface area contributed by atoms with Gasteiger partial charge in [0.2, 0.25) is 5.88 Å². The molecule has 2 aromatic heterocycles. The van der Waals surface area contributed by atoms with Crippen LogP contribution >= 0.6 is 0 Å². The van der Waals surface area contributed by atoms with Crippen LogP contribution in [0.5, 0.6) is 5.88 Å². The van der Waals surface area contributed by atoms with Gasteiger partial charge >= 0.3 is 0 Å². The van der Waals surface area contributed by atoms with E-state index in [0.717, 1.165) is 75.8 Å². The molecule has 0 bridgehead atoms. The van der Waals surface area contributed by atoms with E-state index in [1.165, 1.54) is 10.9 Å². The summed E-state index contributed by atoms with van der Waals surface area (Å²) in [6, 6.07) is 2.22. The van der Waals surface area contributed by atoms with Gasteiger partial charge in [0, 0.05) is 44.6 Å².